The van der Waals surface area contributed by atoms with Gasteiger partial charge in [-0.15, -0.1) is 54.1 Å². The molecule has 0 aliphatic heterocycles. The van der Waals surface area contributed by atoms with Crippen molar-refractivity contribution in [2.75, 3.05) is 0 Å². The van der Waals surface area contributed by atoms with Crippen LogP contribution in [0.2, 0.25) is 0 Å². The summed E-state index contributed by atoms with van der Waals surface area (Å²) in [5.74, 6) is -5.22. The van der Waals surface area contributed by atoms with E-state index in [2.05, 4.69) is 45.3 Å². The second-order valence-electron chi connectivity index (χ2n) is 12.5. The number of pyridine rings is 3. The monoisotopic (exact) mass is 1250 g/mol. The van der Waals surface area contributed by atoms with Crippen LogP contribution in [0, 0.1) is 76.9 Å². The number of hydrogen-bond acceptors (Lipinski definition) is 5. The van der Waals surface area contributed by atoms with Gasteiger partial charge < -0.3 is 20.1 Å². The zero-order chi connectivity index (χ0) is 45.7. The van der Waals surface area contributed by atoms with E-state index in [1.807, 2.05) is 0 Å². The van der Waals surface area contributed by atoms with Crippen LogP contribution in [0.15, 0.2) is 158 Å². The Hall–Kier alpha value is -6.46. The van der Waals surface area contributed by atoms with Crippen LogP contribution in [0.25, 0.3) is 44.9 Å². The van der Waals surface area contributed by atoms with Crippen molar-refractivity contribution in [2.45, 2.75) is 13.8 Å². The Balaban J connectivity index is 0.000000282. The third kappa shape index (κ3) is 19.0. The van der Waals surface area contributed by atoms with E-state index in [1.54, 1.807) is 97.5 Å². The van der Waals surface area contributed by atoms with E-state index in [9.17, 15) is 39.9 Å². The molecule has 8 rings (SSSR count). The zero-order valence-electron chi connectivity index (χ0n) is 33.8. The summed E-state index contributed by atoms with van der Waals surface area (Å²) in [5, 5.41) is 8.36. The molecule has 0 saturated carbocycles. The number of nitrogens with zero attached hydrogens (tertiary/aromatic N) is 3. The molecule has 65 heavy (non-hydrogen) atoms. The van der Waals surface area contributed by atoms with Gasteiger partial charge in [-0.25, -0.2) is 14.3 Å². The Kier molecular flexibility index (Phi) is 23.8. The number of aliphatic hydroxyl groups is 1. The molecule has 0 amide bonds. The number of carbonyl (C=O) groups is 1. The summed E-state index contributed by atoms with van der Waals surface area (Å²) in [5.41, 5.74) is 2.92. The molecule has 0 spiro atoms. The second-order valence-corrected chi connectivity index (χ2v) is 12.5. The molecule has 5 nitrogen and oxygen atoms in total. The number of carbonyl (C=O) groups excluding carboxylic acids is 1. The minimum Gasteiger partial charge on any atom is -0.512 e. The van der Waals surface area contributed by atoms with Crippen LogP contribution in [-0.2, 0) is 46.0 Å². The summed E-state index contributed by atoms with van der Waals surface area (Å²) in [7, 11) is 0. The fourth-order valence-corrected chi connectivity index (χ4v) is 4.96. The Bertz CT molecular complexity index is 2490. The summed E-state index contributed by atoms with van der Waals surface area (Å²) in [4.78, 5) is 21.9. The van der Waals surface area contributed by atoms with Crippen molar-refractivity contribution < 1.29 is 86.2 Å². The molecule has 1 N–H and O–H groups in total. The average Bonchev–Trinajstić information content (AvgIpc) is 3.25. The van der Waals surface area contributed by atoms with Crippen LogP contribution in [-0.4, -0.2) is 25.8 Å². The topological polar surface area (TPSA) is 76.0 Å². The Morgan fingerprint density at radius 2 is 0.954 bits per heavy atom. The second kappa shape index (κ2) is 28.4. The van der Waals surface area contributed by atoms with Crippen LogP contribution < -0.4 is 0 Å². The zero-order valence-corrected chi connectivity index (χ0v) is 38.5. The molecule has 8 aromatic rings. The Morgan fingerprint density at radius 3 is 1.29 bits per heavy atom. The number of benzene rings is 5. The molecule has 5 aromatic carbocycles. The first-order chi connectivity index (χ1) is 30.2. The maximum Gasteiger partial charge on any atom is 3.00 e. The molecule has 0 aliphatic rings. The average molecular weight is 1250 g/mol. The molecule has 334 valence electrons. The van der Waals surface area contributed by atoms with Crippen molar-refractivity contribution in [3.8, 4) is 44.9 Å². The van der Waals surface area contributed by atoms with E-state index in [-0.39, 0.29) is 69.4 Å². The first kappa shape index (κ1) is 54.7. The number of aromatic nitrogens is 3. The minimum atomic E-state index is -0.717. The Morgan fingerprint density at radius 1 is 0.523 bits per heavy atom. The Labute approximate surface area is 398 Å². The van der Waals surface area contributed by atoms with Gasteiger partial charge in [0.05, 0.1) is 5.76 Å². The number of rotatable bonds is 5. The van der Waals surface area contributed by atoms with Gasteiger partial charge in [0, 0.05) is 65.4 Å². The van der Waals surface area contributed by atoms with Gasteiger partial charge in [0.2, 0.25) is 0 Å². The number of ketones is 1. The van der Waals surface area contributed by atoms with Crippen molar-refractivity contribution >= 4 is 5.78 Å². The van der Waals surface area contributed by atoms with Gasteiger partial charge in [-0.3, -0.25) is 31.1 Å². The first-order valence-corrected chi connectivity index (χ1v) is 18.3. The van der Waals surface area contributed by atoms with E-state index in [4.69, 9.17) is 5.11 Å². The van der Waals surface area contributed by atoms with E-state index >= 15 is 0 Å². The van der Waals surface area contributed by atoms with E-state index in [0.717, 1.165) is 42.5 Å². The van der Waals surface area contributed by atoms with Crippen molar-refractivity contribution in [1.82, 2.24) is 15.0 Å². The fourth-order valence-electron chi connectivity index (χ4n) is 4.96. The van der Waals surface area contributed by atoms with Gasteiger partial charge in [0.15, 0.2) is 5.78 Å². The molecule has 15 heteroatoms. The summed E-state index contributed by atoms with van der Waals surface area (Å²) < 4.78 is 103. The van der Waals surface area contributed by atoms with Gasteiger partial charge in [-0.05, 0) is 54.9 Å². The quantitative estimate of drug-likeness (QED) is 0.0804. The van der Waals surface area contributed by atoms with Crippen molar-refractivity contribution in [2.24, 2.45) is 0 Å². The predicted molar refractivity (Wildman–Crippen MR) is 222 cm³/mol. The third-order valence-electron chi connectivity index (χ3n) is 7.55. The van der Waals surface area contributed by atoms with Crippen LogP contribution in [0.5, 0.6) is 0 Å². The summed E-state index contributed by atoms with van der Waals surface area (Å²) in [6, 6.07) is 42.9. The number of halogens is 8. The van der Waals surface area contributed by atoms with Crippen LogP contribution in [0.3, 0.4) is 0 Å². The van der Waals surface area contributed by atoms with Crippen molar-refractivity contribution in [1.29, 1.82) is 0 Å². The van der Waals surface area contributed by atoms with E-state index in [1.165, 1.54) is 26.0 Å². The molecule has 0 saturated heterocycles. The molecule has 0 radical (unpaired) electrons. The third-order valence-corrected chi connectivity index (χ3v) is 7.55. The number of aliphatic hydroxyl groups excluding tert-OH is 1. The fraction of sp³-hybridized carbons (Fsp3) is 0.0400. The van der Waals surface area contributed by atoms with E-state index < -0.39 is 46.5 Å². The summed E-state index contributed by atoms with van der Waals surface area (Å²) in [6.45, 7) is 2.85. The van der Waals surface area contributed by atoms with Crippen molar-refractivity contribution in [3.05, 3.63) is 235 Å². The van der Waals surface area contributed by atoms with Gasteiger partial charge in [0.25, 0.3) is 0 Å². The number of hydrogen-bond donors (Lipinski definition) is 1. The normalized spacial score (nSPS) is 9.97. The molecule has 3 heterocycles. The summed E-state index contributed by atoms with van der Waals surface area (Å²) in [6.07, 6.45) is 5.82. The molecule has 0 unspecified atom stereocenters. The van der Waals surface area contributed by atoms with Gasteiger partial charge in [-0.2, -0.15) is 35.9 Å². The molecule has 0 atom stereocenters. The smallest absolute Gasteiger partial charge is 0.512 e. The van der Waals surface area contributed by atoms with Crippen LogP contribution in [0.1, 0.15) is 13.8 Å². The molecule has 0 bridgehead atoms. The molecule has 0 fully saturated rings. The van der Waals surface area contributed by atoms with E-state index in [0.29, 0.717) is 28.2 Å². The van der Waals surface area contributed by atoms with Gasteiger partial charge in [0.1, 0.15) is 0 Å². The number of allylic oxidation sites excluding steroid dienone is 2. The molecule has 0 aliphatic carbocycles. The predicted octanol–water partition coefficient (Wildman–Crippen LogP) is 12.7. The van der Waals surface area contributed by atoms with Crippen molar-refractivity contribution in [3.63, 3.8) is 0 Å². The SMILES string of the molecule is CC(=O)C=C(C)O.Fc1[c-]c(-c2ccccn2)cc(F)c1.Fc1c[c-]c(-c2[c-]cccc2)c(F)c1.Fc1c[c-]c(-c2ccccn2)c(F)c1.Fc1c[c-]c(-c2ccccn2)c(F)c1.[Ir+3].[Pt+2]. The summed E-state index contributed by atoms with van der Waals surface area (Å²) >= 11 is 0. The van der Waals surface area contributed by atoms with Gasteiger partial charge >= 0.3 is 41.2 Å². The minimum absolute atomic E-state index is 0. The van der Waals surface area contributed by atoms with Gasteiger partial charge in [-0.1, -0.05) is 71.8 Å². The maximum atomic E-state index is 13.2. The van der Waals surface area contributed by atoms with Crippen LogP contribution in [0.4, 0.5) is 35.1 Å². The molecular weight excluding hydrogens is 1210 g/mol. The molecule has 3 aromatic heterocycles. The standard InChI is InChI=1S/C12H6F2.3C11H6F2N.C5H8O2.Ir.Pt/c13-10-6-7-11(12(14)8-10)9-4-2-1-3-5-9;2*12-8-4-5-9(10(13)7-8)11-3-1-2-6-14-11;12-9-5-8(6-10(13)7-9)11-3-1-2-4-14-11;1-4(6)3-5(2)7;;/h1-4,6,8H;2*1-4,6-7H;1-5,7H;3,6H,1-2H3;;/q-2;3*-1;;+3;+2. The first-order valence-electron chi connectivity index (χ1n) is 18.3. The maximum absolute atomic E-state index is 13.2. The molecular formula is C50H32F8IrN3O2Pt. The van der Waals surface area contributed by atoms with Crippen LogP contribution >= 0.6 is 0 Å². The largest absolute Gasteiger partial charge is 3.00 e.